The average Bonchev–Trinajstić information content (AvgIpc) is 3.18. The van der Waals surface area contributed by atoms with Crippen LogP contribution in [0, 0.1) is 5.92 Å². The summed E-state index contributed by atoms with van der Waals surface area (Å²) in [6.45, 7) is 5.27. The predicted molar refractivity (Wildman–Crippen MR) is 108 cm³/mol. The fraction of sp³-hybridized carbons (Fsp3) is 0.522. The lowest BCUT2D eigenvalue weighted by Gasteiger charge is -2.51. The molecule has 146 valence electrons. The van der Waals surface area contributed by atoms with Gasteiger partial charge in [0.05, 0.1) is 17.3 Å². The number of carbonyl (C=O) groups is 1. The molecule has 4 aliphatic rings. The molecule has 4 fully saturated rings. The van der Waals surface area contributed by atoms with Gasteiger partial charge in [-0.3, -0.25) is 9.69 Å². The number of rotatable bonds is 4. The van der Waals surface area contributed by atoms with Gasteiger partial charge >= 0.3 is 0 Å². The van der Waals surface area contributed by atoms with Crippen LogP contribution in [0.3, 0.4) is 0 Å². The van der Waals surface area contributed by atoms with E-state index in [2.05, 4.69) is 57.0 Å². The van der Waals surface area contributed by atoms with Crippen LogP contribution in [0.15, 0.2) is 42.9 Å². The van der Waals surface area contributed by atoms with Gasteiger partial charge in [0, 0.05) is 24.7 Å². The Hall–Kier alpha value is -2.27. The van der Waals surface area contributed by atoms with Gasteiger partial charge in [-0.25, -0.2) is 9.97 Å². The van der Waals surface area contributed by atoms with Crippen molar-refractivity contribution in [1.29, 1.82) is 0 Å². The van der Waals surface area contributed by atoms with Crippen molar-refractivity contribution in [3.05, 3.63) is 59.7 Å². The first-order chi connectivity index (χ1) is 13.8. The number of carbonyl (C=O) groups excluding carboxylic acids is 1. The molecule has 5 nitrogen and oxygen atoms in total. The van der Waals surface area contributed by atoms with Gasteiger partial charge in [-0.1, -0.05) is 43.7 Å². The molecule has 0 aliphatic carbocycles. The van der Waals surface area contributed by atoms with Crippen LogP contribution in [0.4, 0.5) is 0 Å². The summed E-state index contributed by atoms with van der Waals surface area (Å²) < 4.78 is 0. The van der Waals surface area contributed by atoms with Crippen molar-refractivity contribution < 1.29 is 4.79 Å². The van der Waals surface area contributed by atoms with E-state index in [1.807, 2.05) is 0 Å². The predicted octanol–water partition coefficient (Wildman–Crippen LogP) is 3.13. The highest BCUT2D eigenvalue weighted by atomic mass is 16.2. The van der Waals surface area contributed by atoms with Gasteiger partial charge in [0.1, 0.15) is 6.33 Å². The maximum absolute atomic E-state index is 13.7. The van der Waals surface area contributed by atoms with Crippen molar-refractivity contribution in [2.45, 2.75) is 50.6 Å². The smallest absolute Gasteiger partial charge is 0.257 e. The molecule has 4 aliphatic heterocycles. The zero-order valence-corrected chi connectivity index (χ0v) is 16.5. The van der Waals surface area contributed by atoms with Gasteiger partial charge in [0.15, 0.2) is 0 Å². The van der Waals surface area contributed by atoms with Gasteiger partial charge in [0.25, 0.3) is 5.91 Å². The molecular weight excluding hydrogens is 348 g/mol. The third-order valence-corrected chi connectivity index (χ3v) is 6.99. The number of aryl methyl sites for hydroxylation is 1. The molecule has 28 heavy (non-hydrogen) atoms. The maximum Gasteiger partial charge on any atom is 0.257 e. The molecule has 1 aromatic heterocycles. The van der Waals surface area contributed by atoms with E-state index in [0.717, 1.165) is 25.1 Å². The van der Waals surface area contributed by atoms with E-state index >= 15 is 0 Å². The standard InChI is InChI=1S/C23H28N4O/c1-2-6-20-18(13-24-15-25-20)23(28)27-14-19(16-7-4-3-5-8-16)22-21(27)17-9-11-26(22)12-10-17/h3-5,7-8,13,15,17,19,21-22H,2,6,9-12,14H2,1H3/t19-,21+,22+/m0/s1. The number of likely N-dealkylation sites (tertiary alicyclic amines) is 1. The van der Waals surface area contributed by atoms with Crippen molar-refractivity contribution in [2.75, 3.05) is 19.6 Å². The SMILES string of the molecule is CCCc1ncncc1C(=O)N1C[C@@H](c2ccccc2)[C@@H]2[C@H]1C1CCN2CC1. The van der Waals surface area contributed by atoms with E-state index in [9.17, 15) is 4.79 Å². The molecule has 5 heteroatoms. The molecule has 0 saturated carbocycles. The molecule has 2 bridgehead atoms. The maximum atomic E-state index is 13.7. The molecule has 0 radical (unpaired) electrons. The van der Waals surface area contributed by atoms with Crippen molar-refractivity contribution in [1.82, 2.24) is 19.8 Å². The summed E-state index contributed by atoms with van der Waals surface area (Å²) in [5, 5.41) is 0. The van der Waals surface area contributed by atoms with Crippen molar-refractivity contribution in [3.8, 4) is 0 Å². The number of amides is 1. The monoisotopic (exact) mass is 376 g/mol. The molecule has 2 aromatic rings. The highest BCUT2D eigenvalue weighted by Crippen LogP contribution is 2.46. The Balaban J connectivity index is 1.52. The number of nitrogens with zero attached hydrogens (tertiary/aromatic N) is 4. The van der Waals surface area contributed by atoms with E-state index in [4.69, 9.17) is 0 Å². The lowest BCUT2D eigenvalue weighted by atomic mass is 9.75. The molecule has 0 spiro atoms. The van der Waals surface area contributed by atoms with Crippen LogP contribution in [0.5, 0.6) is 0 Å². The van der Waals surface area contributed by atoms with Gasteiger partial charge in [-0.2, -0.15) is 0 Å². The average molecular weight is 377 g/mol. The largest absolute Gasteiger partial charge is 0.333 e. The Morgan fingerprint density at radius 2 is 1.93 bits per heavy atom. The number of hydrogen-bond acceptors (Lipinski definition) is 4. The quantitative estimate of drug-likeness (QED) is 0.823. The molecule has 1 aromatic carbocycles. The summed E-state index contributed by atoms with van der Waals surface area (Å²) in [6.07, 6.45) is 7.51. The van der Waals surface area contributed by atoms with Gasteiger partial charge in [-0.05, 0) is 43.8 Å². The Bertz CT molecular complexity index is 847. The summed E-state index contributed by atoms with van der Waals surface area (Å²) in [7, 11) is 0. The first-order valence-corrected chi connectivity index (χ1v) is 10.7. The van der Waals surface area contributed by atoms with Crippen LogP contribution in [-0.2, 0) is 6.42 Å². The molecule has 0 unspecified atom stereocenters. The summed E-state index contributed by atoms with van der Waals surface area (Å²) in [6, 6.07) is 11.5. The Kier molecular flexibility index (Phi) is 4.63. The minimum absolute atomic E-state index is 0.131. The van der Waals surface area contributed by atoms with Gasteiger partial charge < -0.3 is 4.90 Å². The lowest BCUT2D eigenvalue weighted by Crippen LogP contribution is -2.60. The number of piperidine rings is 3. The fourth-order valence-corrected chi connectivity index (χ4v) is 5.77. The third kappa shape index (κ3) is 2.84. The molecule has 4 saturated heterocycles. The second-order valence-electron chi connectivity index (χ2n) is 8.46. The minimum atomic E-state index is 0.131. The van der Waals surface area contributed by atoms with E-state index in [0.29, 0.717) is 29.5 Å². The van der Waals surface area contributed by atoms with Crippen LogP contribution in [0.1, 0.15) is 53.7 Å². The van der Waals surface area contributed by atoms with Crippen LogP contribution in [-0.4, -0.2) is 57.4 Å². The molecule has 5 heterocycles. The fourth-order valence-electron chi connectivity index (χ4n) is 5.77. The number of hydrogen-bond donors (Lipinski definition) is 0. The van der Waals surface area contributed by atoms with Gasteiger partial charge in [0.2, 0.25) is 0 Å². The van der Waals surface area contributed by atoms with Gasteiger partial charge in [-0.15, -0.1) is 0 Å². The second-order valence-corrected chi connectivity index (χ2v) is 8.46. The van der Waals surface area contributed by atoms with Crippen LogP contribution in [0.2, 0.25) is 0 Å². The first kappa shape index (κ1) is 17.8. The normalized spacial score (nSPS) is 31.0. The number of fused-ring (bicyclic) bond motifs is 2. The summed E-state index contributed by atoms with van der Waals surface area (Å²) in [5.41, 5.74) is 2.95. The highest BCUT2D eigenvalue weighted by molar-refractivity contribution is 5.95. The molecular formula is C23H28N4O. The van der Waals surface area contributed by atoms with E-state index < -0.39 is 0 Å². The molecule has 0 N–H and O–H groups in total. The minimum Gasteiger partial charge on any atom is -0.333 e. The van der Waals surface area contributed by atoms with Crippen molar-refractivity contribution in [2.24, 2.45) is 5.92 Å². The number of benzene rings is 1. The number of aromatic nitrogens is 2. The zero-order valence-electron chi connectivity index (χ0n) is 16.5. The zero-order chi connectivity index (χ0) is 19.1. The molecule has 1 amide bonds. The highest BCUT2D eigenvalue weighted by Gasteiger charge is 2.54. The third-order valence-electron chi connectivity index (χ3n) is 6.99. The van der Waals surface area contributed by atoms with Crippen LogP contribution in [0.25, 0.3) is 0 Å². The lowest BCUT2D eigenvalue weighted by molar-refractivity contribution is -0.00347. The second kappa shape index (κ2) is 7.28. The van der Waals surface area contributed by atoms with Crippen molar-refractivity contribution >= 4 is 5.91 Å². The van der Waals surface area contributed by atoms with E-state index in [1.54, 1.807) is 12.5 Å². The van der Waals surface area contributed by atoms with E-state index in [-0.39, 0.29) is 5.91 Å². The summed E-state index contributed by atoms with van der Waals surface area (Å²) in [5.74, 6) is 1.13. The van der Waals surface area contributed by atoms with Crippen LogP contribution >= 0.6 is 0 Å². The first-order valence-electron chi connectivity index (χ1n) is 10.7. The Labute approximate surface area is 166 Å². The topological polar surface area (TPSA) is 49.3 Å². The summed E-state index contributed by atoms with van der Waals surface area (Å²) in [4.78, 5) is 27.1. The Morgan fingerprint density at radius 1 is 1.14 bits per heavy atom. The van der Waals surface area contributed by atoms with E-state index in [1.165, 1.54) is 31.5 Å². The van der Waals surface area contributed by atoms with Crippen molar-refractivity contribution in [3.63, 3.8) is 0 Å². The molecule has 6 rings (SSSR count). The van der Waals surface area contributed by atoms with Crippen LogP contribution < -0.4 is 0 Å². The summed E-state index contributed by atoms with van der Waals surface area (Å²) >= 11 is 0. The molecule has 3 atom stereocenters. The Morgan fingerprint density at radius 3 is 2.68 bits per heavy atom.